The van der Waals surface area contributed by atoms with E-state index in [0.717, 1.165) is 0 Å². The first-order valence-corrected chi connectivity index (χ1v) is 3.94. The fourth-order valence-corrected chi connectivity index (χ4v) is 0.961. The van der Waals surface area contributed by atoms with E-state index in [0.29, 0.717) is 5.82 Å². The summed E-state index contributed by atoms with van der Waals surface area (Å²) in [5.41, 5.74) is 8.58. The number of aromatic carboxylic acids is 1. The minimum Gasteiger partial charge on any atom is -0.478 e. The molecule has 0 aliphatic rings. The van der Waals surface area contributed by atoms with Crippen LogP contribution in [0.15, 0.2) is 12.3 Å². The highest BCUT2D eigenvalue weighted by Gasteiger charge is 2.11. The Morgan fingerprint density at radius 3 is 2.79 bits per heavy atom. The maximum absolute atomic E-state index is 10.7. The number of carboxylic acid groups (broad SMARTS) is 1. The van der Waals surface area contributed by atoms with Gasteiger partial charge in [-0.25, -0.2) is 14.8 Å². The molecule has 1 heterocycles. The normalized spacial score (nSPS) is 10.2. The monoisotopic (exact) mass is 196 g/mol. The number of nitrogen functional groups attached to an aromatic ring is 1. The summed E-state index contributed by atoms with van der Waals surface area (Å²) in [6, 6.07) is 1.36. The minimum absolute atomic E-state index is 0.0457. The number of hydrogen-bond acceptors (Lipinski definition) is 5. The molecule has 0 spiro atoms. The topological polar surface area (TPSA) is 91.5 Å². The van der Waals surface area contributed by atoms with Gasteiger partial charge in [0.2, 0.25) is 0 Å². The summed E-state index contributed by atoms with van der Waals surface area (Å²) in [5.74, 6) is -0.721. The molecule has 0 saturated carbocycles. The van der Waals surface area contributed by atoms with Crippen LogP contribution in [0.4, 0.5) is 11.5 Å². The number of pyridine rings is 1. The summed E-state index contributed by atoms with van der Waals surface area (Å²) >= 11 is 0. The standard InChI is InChI=1S/C8H12N4O2/c1-12(2)11-7-6(9)5(8(13)14)3-4-10-7/h3-4H,9H2,1-2H3,(H,10,11)(H,13,14). The molecule has 0 amide bonds. The lowest BCUT2D eigenvalue weighted by molar-refractivity contribution is 0.0698. The zero-order valence-electron chi connectivity index (χ0n) is 7.98. The number of nitrogens with one attached hydrogen (secondary N) is 1. The first-order valence-electron chi connectivity index (χ1n) is 3.94. The zero-order valence-corrected chi connectivity index (χ0v) is 7.98. The van der Waals surface area contributed by atoms with Crippen LogP contribution in [-0.2, 0) is 0 Å². The quantitative estimate of drug-likeness (QED) is 0.600. The first-order chi connectivity index (χ1) is 6.52. The van der Waals surface area contributed by atoms with Crippen LogP contribution in [0.2, 0.25) is 0 Å². The van der Waals surface area contributed by atoms with Crippen LogP contribution in [0.3, 0.4) is 0 Å². The molecule has 1 aromatic rings. The first kappa shape index (κ1) is 10.3. The maximum Gasteiger partial charge on any atom is 0.337 e. The molecule has 4 N–H and O–H groups in total. The van der Waals surface area contributed by atoms with Crippen molar-refractivity contribution in [1.82, 2.24) is 9.99 Å². The highest BCUT2D eigenvalue weighted by molar-refractivity contribution is 5.96. The van der Waals surface area contributed by atoms with Gasteiger partial charge in [-0.15, -0.1) is 0 Å². The van der Waals surface area contributed by atoms with Gasteiger partial charge in [-0.1, -0.05) is 0 Å². The number of carbonyl (C=O) groups is 1. The number of anilines is 2. The lowest BCUT2D eigenvalue weighted by Crippen LogP contribution is -2.22. The summed E-state index contributed by atoms with van der Waals surface area (Å²) < 4.78 is 0. The Kier molecular flexibility index (Phi) is 2.88. The Bertz CT molecular complexity index is 351. The number of rotatable bonds is 3. The third-order valence-corrected chi connectivity index (χ3v) is 1.55. The van der Waals surface area contributed by atoms with Gasteiger partial charge in [-0.05, 0) is 6.07 Å². The van der Waals surface area contributed by atoms with Crippen molar-refractivity contribution in [3.63, 3.8) is 0 Å². The van der Waals surface area contributed by atoms with Crippen molar-refractivity contribution in [2.75, 3.05) is 25.3 Å². The van der Waals surface area contributed by atoms with Gasteiger partial charge >= 0.3 is 5.97 Å². The molecule has 6 nitrogen and oxygen atoms in total. The van der Waals surface area contributed by atoms with Crippen LogP contribution in [0.5, 0.6) is 0 Å². The van der Waals surface area contributed by atoms with E-state index in [2.05, 4.69) is 10.4 Å². The predicted molar refractivity (Wildman–Crippen MR) is 52.9 cm³/mol. The number of aromatic nitrogens is 1. The van der Waals surface area contributed by atoms with Crippen LogP contribution < -0.4 is 11.2 Å². The van der Waals surface area contributed by atoms with E-state index in [1.54, 1.807) is 19.1 Å². The highest BCUT2D eigenvalue weighted by atomic mass is 16.4. The summed E-state index contributed by atoms with van der Waals surface area (Å²) in [4.78, 5) is 14.6. The molecule has 0 unspecified atom stereocenters. The van der Waals surface area contributed by atoms with Crippen molar-refractivity contribution in [2.24, 2.45) is 0 Å². The Balaban J connectivity index is 3.07. The van der Waals surface area contributed by atoms with Gasteiger partial charge in [0.15, 0.2) is 5.82 Å². The summed E-state index contributed by atoms with van der Waals surface area (Å²) in [6.07, 6.45) is 1.39. The number of nitrogens with two attached hydrogens (primary N) is 1. The lowest BCUT2D eigenvalue weighted by atomic mass is 10.2. The number of hydrazine groups is 1. The van der Waals surface area contributed by atoms with E-state index in [1.165, 1.54) is 12.3 Å². The second-order valence-corrected chi connectivity index (χ2v) is 2.93. The number of carboxylic acids is 1. The average molecular weight is 196 g/mol. The third kappa shape index (κ3) is 2.11. The highest BCUT2D eigenvalue weighted by Crippen LogP contribution is 2.19. The van der Waals surface area contributed by atoms with E-state index in [9.17, 15) is 4.79 Å². The fourth-order valence-electron chi connectivity index (χ4n) is 0.961. The number of hydrogen-bond donors (Lipinski definition) is 3. The minimum atomic E-state index is -1.06. The van der Waals surface area contributed by atoms with Crippen LogP contribution in [-0.4, -0.2) is 35.2 Å². The molecular weight excluding hydrogens is 184 g/mol. The van der Waals surface area contributed by atoms with Crippen molar-refractivity contribution >= 4 is 17.5 Å². The molecule has 0 fully saturated rings. The van der Waals surface area contributed by atoms with E-state index in [-0.39, 0.29) is 11.3 Å². The molecule has 0 atom stereocenters. The molecule has 0 aromatic carbocycles. The molecule has 6 heteroatoms. The van der Waals surface area contributed by atoms with Crippen LogP contribution in [0.1, 0.15) is 10.4 Å². The van der Waals surface area contributed by atoms with Gasteiger partial charge in [-0.3, -0.25) is 0 Å². The van der Waals surface area contributed by atoms with Crippen LogP contribution in [0, 0.1) is 0 Å². The van der Waals surface area contributed by atoms with Crippen molar-refractivity contribution in [2.45, 2.75) is 0 Å². The van der Waals surface area contributed by atoms with Crippen molar-refractivity contribution in [3.8, 4) is 0 Å². The largest absolute Gasteiger partial charge is 0.478 e. The molecule has 76 valence electrons. The summed E-state index contributed by atoms with van der Waals surface area (Å²) in [6.45, 7) is 0. The van der Waals surface area contributed by atoms with Crippen LogP contribution >= 0.6 is 0 Å². The molecule has 14 heavy (non-hydrogen) atoms. The lowest BCUT2D eigenvalue weighted by Gasteiger charge is -2.14. The zero-order chi connectivity index (χ0) is 10.7. The summed E-state index contributed by atoms with van der Waals surface area (Å²) in [7, 11) is 3.52. The van der Waals surface area contributed by atoms with E-state index in [4.69, 9.17) is 10.8 Å². The van der Waals surface area contributed by atoms with Crippen molar-refractivity contribution < 1.29 is 9.90 Å². The molecule has 0 radical (unpaired) electrons. The fraction of sp³-hybridized carbons (Fsp3) is 0.250. The molecule has 0 aliphatic heterocycles. The van der Waals surface area contributed by atoms with Crippen molar-refractivity contribution in [1.29, 1.82) is 0 Å². The molecule has 1 rings (SSSR count). The number of nitrogens with zero attached hydrogens (tertiary/aromatic N) is 2. The third-order valence-electron chi connectivity index (χ3n) is 1.55. The van der Waals surface area contributed by atoms with E-state index >= 15 is 0 Å². The Hall–Kier alpha value is -1.82. The predicted octanol–water partition coefficient (Wildman–Crippen LogP) is 0.251. The Morgan fingerprint density at radius 2 is 2.29 bits per heavy atom. The van der Waals surface area contributed by atoms with Gasteiger partial charge in [0.1, 0.15) is 0 Å². The molecule has 0 bridgehead atoms. The van der Waals surface area contributed by atoms with Gasteiger partial charge in [0.05, 0.1) is 11.3 Å². The van der Waals surface area contributed by atoms with E-state index in [1.807, 2.05) is 0 Å². The molecule has 0 saturated heterocycles. The van der Waals surface area contributed by atoms with Crippen molar-refractivity contribution in [3.05, 3.63) is 17.8 Å². The van der Waals surface area contributed by atoms with Gasteiger partial charge in [0, 0.05) is 20.3 Å². The van der Waals surface area contributed by atoms with Gasteiger partial charge < -0.3 is 16.3 Å². The molecule has 1 aromatic heterocycles. The summed E-state index contributed by atoms with van der Waals surface area (Å²) in [5, 5.41) is 10.4. The smallest absolute Gasteiger partial charge is 0.337 e. The molecule has 0 aliphatic carbocycles. The van der Waals surface area contributed by atoms with E-state index < -0.39 is 5.97 Å². The average Bonchev–Trinajstić information content (AvgIpc) is 2.07. The van der Waals surface area contributed by atoms with Gasteiger partial charge in [0.25, 0.3) is 0 Å². The second-order valence-electron chi connectivity index (χ2n) is 2.93. The van der Waals surface area contributed by atoms with Crippen LogP contribution in [0.25, 0.3) is 0 Å². The molecular formula is C8H12N4O2. The SMILES string of the molecule is CN(C)Nc1nccc(C(=O)O)c1N. The Labute approximate surface area is 81.3 Å². The van der Waals surface area contributed by atoms with Gasteiger partial charge in [-0.2, -0.15) is 0 Å². The maximum atomic E-state index is 10.7. The second kappa shape index (κ2) is 3.93. The Morgan fingerprint density at radius 1 is 1.64 bits per heavy atom.